The molecule has 0 amide bonds. The molecule has 0 aromatic heterocycles. The van der Waals surface area contributed by atoms with Crippen molar-refractivity contribution in [1.82, 2.24) is 0 Å². The summed E-state index contributed by atoms with van der Waals surface area (Å²) >= 11 is 0. The van der Waals surface area contributed by atoms with E-state index in [0.717, 1.165) is 0 Å². The molecule has 0 aliphatic rings. The molecule has 0 saturated carbocycles. The molecule has 0 aliphatic carbocycles. The van der Waals surface area contributed by atoms with Gasteiger partial charge in [-0.2, -0.15) is 8.42 Å². The summed E-state index contributed by atoms with van der Waals surface area (Å²) < 4.78 is 31.6. The van der Waals surface area contributed by atoms with Gasteiger partial charge < -0.3 is 10.2 Å². The molecule has 4 N–H and O–H groups in total. The summed E-state index contributed by atoms with van der Waals surface area (Å²) in [4.78, 5) is 21.1. The van der Waals surface area contributed by atoms with Gasteiger partial charge in [0.05, 0.1) is 11.8 Å². The summed E-state index contributed by atoms with van der Waals surface area (Å²) in [6, 6.07) is 0. The van der Waals surface area contributed by atoms with Gasteiger partial charge in [-0.25, -0.2) is 0 Å². The molecule has 0 aliphatic heterocycles. The van der Waals surface area contributed by atoms with Gasteiger partial charge in [0.1, 0.15) is 0 Å². The van der Waals surface area contributed by atoms with E-state index in [1.807, 2.05) is 0 Å². The Morgan fingerprint density at radius 3 is 1.39 bits per heavy atom. The van der Waals surface area contributed by atoms with Crippen LogP contribution in [-0.2, 0) is 20.0 Å². The Morgan fingerprint density at radius 1 is 1.06 bits per heavy atom. The van der Waals surface area contributed by atoms with Gasteiger partial charge in [-0.05, 0) is 12.8 Å². The second-order valence-electron chi connectivity index (χ2n) is 3.31. The van der Waals surface area contributed by atoms with E-state index in [1.165, 1.54) is 0 Å². The van der Waals surface area contributed by atoms with Crippen LogP contribution >= 0.6 is 0 Å². The fraction of sp³-hybridized carbons (Fsp3) is 0.750. The minimum absolute atomic E-state index is 0. The fourth-order valence-electron chi connectivity index (χ4n) is 1.17. The molecule has 10 heteroatoms. The van der Waals surface area contributed by atoms with Crippen LogP contribution in [0.4, 0.5) is 0 Å². The van der Waals surface area contributed by atoms with E-state index < -0.39 is 27.8 Å². The van der Waals surface area contributed by atoms with Crippen LogP contribution in [0.1, 0.15) is 33.1 Å². The molecule has 0 aromatic rings. The predicted octanol–water partition coefficient (Wildman–Crippen LogP) is 0.0508. The van der Waals surface area contributed by atoms with E-state index in [1.54, 1.807) is 13.8 Å². The van der Waals surface area contributed by atoms with E-state index in [0.29, 0.717) is 12.8 Å². The topological polar surface area (TPSA) is 149 Å². The summed E-state index contributed by atoms with van der Waals surface area (Å²) in [5.41, 5.74) is -1.08. The van der Waals surface area contributed by atoms with E-state index >= 15 is 0 Å². The molecule has 0 radical (unpaired) electrons. The third-order valence-electron chi connectivity index (χ3n) is 2.30. The predicted molar refractivity (Wildman–Crippen MR) is 64.2 cm³/mol. The molecule has 0 spiro atoms. The summed E-state index contributed by atoms with van der Waals surface area (Å²) in [5.74, 6) is -2.07. The molecule has 18 heavy (non-hydrogen) atoms. The molecule has 0 atom stereocenters. The standard InChI is InChI=1S/C8H14O4.Na.H2O4S.H/c1-3-8(4-2,7(11)12)5-6(9)10;;1-5(2,3)4;/h3-5H2,1-2H3,(H,9,10)(H,11,12);;(H2,1,2,3,4);. The number of hydrogen-bond donors (Lipinski definition) is 4. The third-order valence-corrected chi connectivity index (χ3v) is 2.30. The van der Waals surface area contributed by atoms with Crippen LogP contribution in [0.2, 0.25) is 0 Å². The second kappa shape index (κ2) is 9.70. The van der Waals surface area contributed by atoms with Crippen molar-refractivity contribution in [3.8, 4) is 0 Å². The van der Waals surface area contributed by atoms with Crippen molar-refractivity contribution in [3.63, 3.8) is 0 Å². The van der Waals surface area contributed by atoms with Crippen molar-refractivity contribution in [2.45, 2.75) is 33.1 Å². The van der Waals surface area contributed by atoms with Gasteiger partial charge in [0, 0.05) is 0 Å². The van der Waals surface area contributed by atoms with Crippen molar-refractivity contribution >= 4 is 51.9 Å². The molecule has 0 rings (SSSR count). The maximum absolute atomic E-state index is 10.8. The number of aliphatic carboxylic acids is 2. The van der Waals surface area contributed by atoms with Crippen LogP contribution in [-0.4, -0.2) is 69.2 Å². The number of carboxylic acid groups (broad SMARTS) is 2. The van der Waals surface area contributed by atoms with Crippen molar-refractivity contribution in [2.75, 3.05) is 0 Å². The van der Waals surface area contributed by atoms with Crippen LogP contribution in [0, 0.1) is 5.41 Å². The van der Waals surface area contributed by atoms with E-state index in [2.05, 4.69) is 0 Å². The molecule has 104 valence electrons. The molecule has 0 saturated heterocycles. The van der Waals surface area contributed by atoms with Gasteiger partial charge in [0.2, 0.25) is 0 Å². The van der Waals surface area contributed by atoms with Crippen molar-refractivity contribution in [3.05, 3.63) is 0 Å². The molecular weight excluding hydrogens is 279 g/mol. The number of hydrogen-bond acceptors (Lipinski definition) is 4. The second-order valence-corrected chi connectivity index (χ2v) is 4.21. The van der Waals surface area contributed by atoms with E-state index in [-0.39, 0.29) is 36.0 Å². The molecule has 8 nitrogen and oxygen atoms in total. The first-order chi connectivity index (χ1) is 7.48. The van der Waals surface area contributed by atoms with Crippen LogP contribution in [0.5, 0.6) is 0 Å². The van der Waals surface area contributed by atoms with Gasteiger partial charge >= 0.3 is 51.9 Å². The Bertz CT molecular complexity index is 351. The van der Waals surface area contributed by atoms with Gasteiger partial charge in [-0.15, -0.1) is 0 Å². The average Bonchev–Trinajstić information content (AvgIpc) is 2.10. The molecular formula is C8H17NaO8S. The molecule has 0 aromatic carbocycles. The minimum atomic E-state index is -4.67. The number of carboxylic acids is 2. The van der Waals surface area contributed by atoms with Crippen LogP contribution < -0.4 is 0 Å². The molecule has 0 fully saturated rings. The van der Waals surface area contributed by atoms with Gasteiger partial charge in [-0.3, -0.25) is 18.7 Å². The van der Waals surface area contributed by atoms with Gasteiger partial charge in [-0.1, -0.05) is 13.8 Å². The number of rotatable bonds is 5. The SMILES string of the molecule is CCC(CC)(CC(=O)O)C(=O)O.O=S(=O)(O)O.[NaH]. The van der Waals surface area contributed by atoms with Crippen LogP contribution in [0.3, 0.4) is 0 Å². The van der Waals surface area contributed by atoms with E-state index in [9.17, 15) is 9.59 Å². The van der Waals surface area contributed by atoms with Crippen molar-refractivity contribution < 1.29 is 37.3 Å². The summed E-state index contributed by atoms with van der Waals surface area (Å²) in [6.07, 6.45) is 0.408. The Labute approximate surface area is 127 Å². The first kappa shape index (κ1) is 22.9. The quantitative estimate of drug-likeness (QED) is 0.410. The fourth-order valence-corrected chi connectivity index (χ4v) is 1.17. The third kappa shape index (κ3) is 12.3. The maximum atomic E-state index is 10.8. The normalized spacial score (nSPS) is 10.7. The monoisotopic (exact) mass is 296 g/mol. The van der Waals surface area contributed by atoms with Gasteiger partial charge in [0.25, 0.3) is 0 Å². The Hall–Kier alpha value is -0.190. The first-order valence-electron chi connectivity index (χ1n) is 4.63. The molecule has 0 heterocycles. The van der Waals surface area contributed by atoms with Gasteiger partial charge in [0.15, 0.2) is 0 Å². The zero-order valence-electron chi connectivity index (χ0n) is 9.45. The Balaban J connectivity index is -0.000000321. The van der Waals surface area contributed by atoms with E-state index in [4.69, 9.17) is 27.7 Å². The number of carbonyl (C=O) groups is 2. The van der Waals surface area contributed by atoms with Crippen molar-refractivity contribution in [1.29, 1.82) is 0 Å². The van der Waals surface area contributed by atoms with Crippen LogP contribution in [0.15, 0.2) is 0 Å². The Morgan fingerprint density at radius 2 is 1.33 bits per heavy atom. The summed E-state index contributed by atoms with van der Waals surface area (Å²) in [6.45, 7) is 3.39. The molecule has 0 unspecified atom stereocenters. The summed E-state index contributed by atoms with van der Waals surface area (Å²) in [5, 5.41) is 17.3. The average molecular weight is 296 g/mol. The zero-order valence-corrected chi connectivity index (χ0v) is 10.3. The summed E-state index contributed by atoms with van der Waals surface area (Å²) in [7, 11) is -4.67. The first-order valence-corrected chi connectivity index (χ1v) is 6.03. The zero-order chi connectivity index (χ0) is 14.3. The van der Waals surface area contributed by atoms with Crippen LogP contribution in [0.25, 0.3) is 0 Å². The van der Waals surface area contributed by atoms with Crippen molar-refractivity contribution in [2.24, 2.45) is 5.41 Å². The molecule has 0 bridgehead atoms. The Kier molecular flexibility index (Phi) is 12.4.